The first-order chi connectivity index (χ1) is 13.5. The number of pyridine rings is 1. The number of hydrogen-bond donors (Lipinski definition) is 0. The molecule has 3 aliphatic heterocycles. The predicted molar refractivity (Wildman–Crippen MR) is 113 cm³/mol. The molecule has 4 rings (SSSR count). The molecule has 160 valence electrons. The number of aromatic nitrogens is 1. The zero-order chi connectivity index (χ0) is 21.0. The van der Waals surface area contributed by atoms with Gasteiger partial charge in [0.25, 0.3) is 0 Å². The molecule has 0 radical (unpaired) electrons. The molecule has 0 aromatic carbocycles. The topological polar surface area (TPSA) is 66.9 Å². The summed E-state index contributed by atoms with van der Waals surface area (Å²) in [5, 5.41) is 0.613. The fourth-order valence-electron chi connectivity index (χ4n) is 4.98. The van der Waals surface area contributed by atoms with E-state index in [2.05, 4.69) is 46.5 Å². The number of hydrogen-bond acceptors (Lipinski definition) is 7. The molecule has 1 aromatic rings. The number of ether oxygens (including phenoxy) is 2. The Morgan fingerprint density at radius 1 is 1.10 bits per heavy atom. The van der Waals surface area contributed by atoms with Gasteiger partial charge in [0, 0.05) is 22.2 Å². The van der Waals surface area contributed by atoms with Crippen molar-refractivity contribution >= 4 is 26.3 Å². The SMILES string of the molecule is CC(C)(C)[Si]1(C(C)(C)C)OC[C@H]2O[C@H](Sc3ccccn3)[C@H]3CC(=O)O[C@H]3[C@@H]2O1. The summed E-state index contributed by atoms with van der Waals surface area (Å²) in [6.07, 6.45) is 1.27. The number of carbonyl (C=O) groups is 1. The Morgan fingerprint density at radius 2 is 1.83 bits per heavy atom. The Bertz CT molecular complexity index is 749. The molecule has 0 N–H and O–H groups in total. The molecule has 4 heterocycles. The lowest BCUT2D eigenvalue weighted by atomic mass is 9.92. The van der Waals surface area contributed by atoms with Gasteiger partial charge in [0.15, 0.2) is 0 Å². The molecule has 0 unspecified atom stereocenters. The number of nitrogens with zero attached hydrogens (tertiary/aromatic N) is 1. The second-order valence-electron chi connectivity index (χ2n) is 10.2. The highest BCUT2D eigenvalue weighted by Gasteiger charge is 2.66. The van der Waals surface area contributed by atoms with Crippen LogP contribution in [-0.2, 0) is 23.1 Å². The largest absolute Gasteiger partial charge is 0.459 e. The number of carbonyl (C=O) groups excluding carboxylic acids is 1. The van der Waals surface area contributed by atoms with Crippen molar-refractivity contribution in [3.8, 4) is 0 Å². The molecule has 3 fully saturated rings. The molecule has 1 aromatic heterocycles. The summed E-state index contributed by atoms with van der Waals surface area (Å²) in [5.41, 5.74) is -0.215. The average Bonchev–Trinajstić information content (AvgIpc) is 3.02. The first kappa shape index (κ1) is 21.3. The van der Waals surface area contributed by atoms with Crippen LogP contribution < -0.4 is 0 Å². The third-order valence-corrected chi connectivity index (χ3v) is 12.3. The van der Waals surface area contributed by atoms with E-state index in [0.29, 0.717) is 13.0 Å². The Balaban J connectivity index is 1.63. The van der Waals surface area contributed by atoms with Gasteiger partial charge in [-0.25, -0.2) is 4.98 Å². The van der Waals surface area contributed by atoms with Gasteiger partial charge in [-0.2, -0.15) is 0 Å². The van der Waals surface area contributed by atoms with E-state index < -0.39 is 8.56 Å². The van der Waals surface area contributed by atoms with Crippen LogP contribution in [0.5, 0.6) is 0 Å². The number of thioether (sulfide) groups is 1. The van der Waals surface area contributed by atoms with Crippen LogP contribution in [0.2, 0.25) is 10.1 Å². The van der Waals surface area contributed by atoms with Crippen LogP contribution in [0, 0.1) is 5.92 Å². The summed E-state index contributed by atoms with van der Waals surface area (Å²) in [5.74, 6) is -0.231. The van der Waals surface area contributed by atoms with Gasteiger partial charge < -0.3 is 18.3 Å². The Morgan fingerprint density at radius 3 is 2.45 bits per heavy atom. The van der Waals surface area contributed by atoms with Crippen molar-refractivity contribution in [1.82, 2.24) is 4.98 Å². The van der Waals surface area contributed by atoms with E-state index in [-0.39, 0.29) is 45.7 Å². The Hall–Kier alpha value is -0.933. The van der Waals surface area contributed by atoms with Gasteiger partial charge in [-0.05, 0) is 12.1 Å². The lowest BCUT2D eigenvalue weighted by Gasteiger charge is -2.57. The van der Waals surface area contributed by atoms with Gasteiger partial charge in [-0.15, -0.1) is 0 Å². The molecule has 5 atom stereocenters. The molecular formula is C21H31NO5SSi. The molecule has 0 amide bonds. The monoisotopic (exact) mass is 437 g/mol. The summed E-state index contributed by atoms with van der Waals surface area (Å²) in [4.78, 5) is 16.7. The third-order valence-electron chi connectivity index (χ3n) is 6.04. The minimum Gasteiger partial charge on any atom is -0.459 e. The highest BCUT2D eigenvalue weighted by atomic mass is 32.2. The molecule has 8 heteroatoms. The summed E-state index contributed by atoms with van der Waals surface area (Å²) in [6, 6.07) is 5.80. The lowest BCUT2D eigenvalue weighted by molar-refractivity contribution is -0.199. The van der Waals surface area contributed by atoms with E-state index in [1.54, 1.807) is 18.0 Å². The minimum atomic E-state index is -2.66. The summed E-state index contributed by atoms with van der Waals surface area (Å²) >= 11 is 1.54. The molecular weight excluding hydrogens is 406 g/mol. The van der Waals surface area contributed by atoms with Crippen molar-refractivity contribution in [3.63, 3.8) is 0 Å². The average molecular weight is 438 g/mol. The minimum absolute atomic E-state index is 0.0551. The van der Waals surface area contributed by atoms with Gasteiger partial charge in [0.2, 0.25) is 0 Å². The standard InChI is InChI=1S/C21H31NO5SSi/c1-20(2,3)29(21(4,5)6)24-12-14-18(27-29)17-13(11-16(23)26-17)19(25-14)28-15-9-7-8-10-22-15/h7-10,13-14,17-19H,11-12H2,1-6H3/t13-,14+,17+,18+,19+/m0/s1. The van der Waals surface area contributed by atoms with Gasteiger partial charge >= 0.3 is 14.5 Å². The smallest absolute Gasteiger partial charge is 0.349 e. The van der Waals surface area contributed by atoms with Crippen LogP contribution in [0.1, 0.15) is 48.0 Å². The molecule has 0 saturated carbocycles. The van der Waals surface area contributed by atoms with Crippen LogP contribution in [-0.4, -0.2) is 49.9 Å². The number of rotatable bonds is 2. The van der Waals surface area contributed by atoms with Crippen LogP contribution in [0.15, 0.2) is 29.4 Å². The first-order valence-electron chi connectivity index (χ1n) is 10.3. The maximum Gasteiger partial charge on any atom is 0.349 e. The van der Waals surface area contributed by atoms with Crippen LogP contribution in [0.25, 0.3) is 0 Å². The molecule has 0 bridgehead atoms. The van der Waals surface area contributed by atoms with Gasteiger partial charge in [-0.3, -0.25) is 4.79 Å². The van der Waals surface area contributed by atoms with Crippen LogP contribution in [0.4, 0.5) is 0 Å². The molecule has 0 aliphatic carbocycles. The lowest BCUT2D eigenvalue weighted by Crippen LogP contribution is -2.69. The van der Waals surface area contributed by atoms with Gasteiger partial charge in [-0.1, -0.05) is 59.4 Å². The van der Waals surface area contributed by atoms with E-state index >= 15 is 0 Å². The summed E-state index contributed by atoms with van der Waals surface area (Å²) < 4.78 is 25.7. The molecule has 0 spiro atoms. The van der Waals surface area contributed by atoms with Gasteiger partial charge in [0.05, 0.1) is 18.1 Å². The quantitative estimate of drug-likeness (QED) is 0.505. The maximum absolute atomic E-state index is 12.3. The van der Waals surface area contributed by atoms with Crippen LogP contribution in [0.3, 0.4) is 0 Å². The molecule has 3 saturated heterocycles. The zero-order valence-electron chi connectivity index (χ0n) is 18.0. The van der Waals surface area contributed by atoms with E-state index in [9.17, 15) is 4.79 Å². The third kappa shape index (κ3) is 3.67. The van der Waals surface area contributed by atoms with Crippen molar-refractivity contribution in [2.45, 2.75) is 86.8 Å². The van der Waals surface area contributed by atoms with E-state index in [1.165, 1.54) is 0 Å². The van der Waals surface area contributed by atoms with Crippen molar-refractivity contribution < 1.29 is 23.1 Å². The second kappa shape index (κ2) is 7.34. The number of fused-ring (bicyclic) bond motifs is 3. The fourth-order valence-corrected chi connectivity index (χ4v) is 11.1. The van der Waals surface area contributed by atoms with Crippen molar-refractivity contribution in [2.75, 3.05) is 6.61 Å². The predicted octanol–water partition coefficient (Wildman–Crippen LogP) is 4.29. The number of esters is 1. The van der Waals surface area contributed by atoms with Crippen LogP contribution >= 0.6 is 11.8 Å². The highest BCUT2D eigenvalue weighted by Crippen LogP contribution is 2.56. The van der Waals surface area contributed by atoms with Crippen molar-refractivity contribution in [1.29, 1.82) is 0 Å². The normalized spacial score (nSPS) is 34.3. The highest BCUT2D eigenvalue weighted by molar-refractivity contribution is 7.99. The van der Waals surface area contributed by atoms with E-state index in [1.807, 2.05) is 18.2 Å². The van der Waals surface area contributed by atoms with Crippen molar-refractivity contribution in [3.05, 3.63) is 24.4 Å². The van der Waals surface area contributed by atoms with Gasteiger partial charge in [0.1, 0.15) is 23.7 Å². The molecule has 3 aliphatic rings. The summed E-state index contributed by atoms with van der Waals surface area (Å²) in [7, 11) is -2.66. The maximum atomic E-state index is 12.3. The Kier molecular flexibility index (Phi) is 5.39. The van der Waals surface area contributed by atoms with Crippen molar-refractivity contribution in [2.24, 2.45) is 5.92 Å². The zero-order valence-corrected chi connectivity index (χ0v) is 19.8. The molecule has 6 nitrogen and oxygen atoms in total. The van der Waals surface area contributed by atoms with E-state index in [4.69, 9.17) is 18.3 Å². The second-order valence-corrected chi connectivity index (χ2v) is 16.0. The first-order valence-corrected chi connectivity index (χ1v) is 13.0. The summed E-state index contributed by atoms with van der Waals surface area (Å²) in [6.45, 7) is 13.6. The molecule has 29 heavy (non-hydrogen) atoms. The van der Waals surface area contributed by atoms with E-state index in [0.717, 1.165) is 5.03 Å². The Labute approximate surface area is 178 Å². The fraction of sp³-hybridized carbons (Fsp3) is 0.714.